The van der Waals surface area contributed by atoms with Crippen molar-refractivity contribution in [2.45, 2.75) is 75.3 Å². The molecule has 0 aromatic carbocycles. The zero-order valence-electron chi connectivity index (χ0n) is 14.3. The van der Waals surface area contributed by atoms with Gasteiger partial charge in [0, 0.05) is 12.2 Å². The van der Waals surface area contributed by atoms with Crippen molar-refractivity contribution < 1.29 is 14.0 Å². The van der Waals surface area contributed by atoms with E-state index >= 15 is 0 Å². The maximum absolute atomic E-state index is 11.1. The molecule has 1 rings (SSSR count). The fourth-order valence-electron chi connectivity index (χ4n) is 2.16. The van der Waals surface area contributed by atoms with Crippen LogP contribution in [0.15, 0.2) is 12.7 Å². The Balaban J connectivity index is 2.74. The smallest absolute Gasteiger partial charge is 0.302 e. The number of thioether (sulfide) groups is 1. The van der Waals surface area contributed by atoms with Crippen molar-refractivity contribution in [3.63, 3.8) is 0 Å². The monoisotopic (exact) mass is 330 g/mol. The molecule has 21 heavy (non-hydrogen) atoms. The lowest BCUT2D eigenvalue weighted by atomic mass is 10.1. The zero-order valence-corrected chi connectivity index (χ0v) is 16.1. The van der Waals surface area contributed by atoms with Gasteiger partial charge in [0.15, 0.2) is 8.32 Å². The predicted octanol–water partition coefficient (Wildman–Crippen LogP) is 4.39. The Morgan fingerprint density at radius 1 is 1.43 bits per heavy atom. The Morgan fingerprint density at radius 2 is 2.05 bits per heavy atom. The summed E-state index contributed by atoms with van der Waals surface area (Å²) < 4.78 is 11.8. The molecule has 3 atom stereocenters. The zero-order chi connectivity index (χ0) is 16.3. The fourth-order valence-corrected chi connectivity index (χ4v) is 5.16. The van der Waals surface area contributed by atoms with E-state index in [0.29, 0.717) is 11.9 Å². The number of ether oxygens (including phenoxy) is 1. The minimum absolute atomic E-state index is 0.181. The van der Waals surface area contributed by atoms with Gasteiger partial charge in [0.05, 0.1) is 11.4 Å². The van der Waals surface area contributed by atoms with E-state index in [1.165, 1.54) is 6.92 Å². The molecule has 1 heterocycles. The molecule has 0 saturated carbocycles. The second kappa shape index (κ2) is 7.33. The summed E-state index contributed by atoms with van der Waals surface area (Å²) in [6.45, 7) is 17.1. The van der Waals surface area contributed by atoms with Gasteiger partial charge in [0.1, 0.15) is 6.61 Å². The van der Waals surface area contributed by atoms with Gasteiger partial charge in [-0.25, -0.2) is 0 Å². The molecule has 0 aliphatic carbocycles. The molecule has 0 radical (unpaired) electrons. The minimum Gasteiger partial charge on any atom is -0.465 e. The molecule has 5 heteroatoms. The van der Waals surface area contributed by atoms with Gasteiger partial charge in [-0.15, -0.1) is 18.3 Å². The number of carbonyl (C=O) groups is 1. The number of hydrogen-bond acceptors (Lipinski definition) is 4. The lowest BCUT2D eigenvalue weighted by molar-refractivity contribution is -0.141. The number of allylic oxidation sites excluding steroid dienone is 1. The summed E-state index contributed by atoms with van der Waals surface area (Å²) in [5.74, 6) is -0.214. The van der Waals surface area contributed by atoms with Crippen LogP contribution in [0.25, 0.3) is 0 Å². The third kappa shape index (κ3) is 5.46. The van der Waals surface area contributed by atoms with Gasteiger partial charge in [-0.1, -0.05) is 26.8 Å². The predicted molar refractivity (Wildman–Crippen MR) is 93.3 cm³/mol. The second-order valence-electron chi connectivity index (χ2n) is 7.28. The summed E-state index contributed by atoms with van der Waals surface area (Å²) >= 11 is 1.89. The number of rotatable bonds is 6. The molecule has 0 aromatic rings. The van der Waals surface area contributed by atoms with Crippen LogP contribution in [0.5, 0.6) is 0 Å². The molecule has 1 aliphatic heterocycles. The summed E-state index contributed by atoms with van der Waals surface area (Å²) in [7, 11) is -1.80. The highest BCUT2D eigenvalue weighted by atomic mass is 32.2. The summed E-state index contributed by atoms with van der Waals surface area (Å²) in [6.07, 6.45) is 4.16. The summed E-state index contributed by atoms with van der Waals surface area (Å²) in [6, 6.07) is 0. The lowest BCUT2D eigenvalue weighted by Crippen LogP contribution is -2.46. The second-order valence-corrected chi connectivity index (χ2v) is 13.6. The van der Waals surface area contributed by atoms with Crippen LogP contribution in [0.1, 0.15) is 40.5 Å². The molecule has 0 bridgehead atoms. The van der Waals surface area contributed by atoms with Crippen molar-refractivity contribution in [2.24, 2.45) is 0 Å². The van der Waals surface area contributed by atoms with Gasteiger partial charge in [0.25, 0.3) is 0 Å². The molecule has 0 unspecified atom stereocenters. The van der Waals surface area contributed by atoms with Crippen LogP contribution < -0.4 is 0 Å². The normalized spacial score (nSPS) is 26.7. The molecular weight excluding hydrogens is 300 g/mol. The number of esters is 1. The molecular formula is C16H30O3SSi. The highest BCUT2D eigenvalue weighted by Gasteiger charge is 2.44. The number of hydrogen-bond donors (Lipinski definition) is 0. The highest BCUT2D eigenvalue weighted by Crippen LogP contribution is 2.43. The summed E-state index contributed by atoms with van der Waals surface area (Å²) in [5.41, 5.74) is 0. The van der Waals surface area contributed by atoms with Gasteiger partial charge in [-0.3, -0.25) is 4.79 Å². The Bertz CT molecular complexity index is 376. The molecule has 3 nitrogen and oxygen atoms in total. The third-order valence-electron chi connectivity index (χ3n) is 4.41. The Morgan fingerprint density at radius 3 is 2.52 bits per heavy atom. The average Bonchev–Trinajstić information content (AvgIpc) is 2.67. The first-order valence-electron chi connectivity index (χ1n) is 7.64. The van der Waals surface area contributed by atoms with Crippen LogP contribution in [0, 0.1) is 0 Å². The van der Waals surface area contributed by atoms with Crippen LogP contribution in [-0.4, -0.2) is 37.5 Å². The largest absolute Gasteiger partial charge is 0.465 e. The maximum atomic E-state index is 11.1. The Kier molecular flexibility index (Phi) is 6.56. The van der Waals surface area contributed by atoms with Crippen molar-refractivity contribution in [1.82, 2.24) is 0 Å². The fraction of sp³-hybridized carbons (Fsp3) is 0.812. The third-order valence-corrected chi connectivity index (χ3v) is 10.5. The molecule has 0 spiro atoms. The van der Waals surface area contributed by atoms with Gasteiger partial charge < -0.3 is 9.16 Å². The van der Waals surface area contributed by atoms with Crippen LogP contribution in [0.4, 0.5) is 0 Å². The van der Waals surface area contributed by atoms with Crippen LogP contribution in [-0.2, 0) is 14.0 Å². The molecule has 1 aliphatic rings. The van der Waals surface area contributed by atoms with Gasteiger partial charge in [-0.05, 0) is 31.0 Å². The standard InChI is InChI=1S/C16H30O3SSi/c1-8-9-13-10-14(15(20-13)11-18-12(2)17)19-21(6,7)16(3,4)5/h8,13-15H,1,9-11H2,2-7H3/t13-,14+,15-/m1/s1. The van der Waals surface area contributed by atoms with Crippen molar-refractivity contribution in [2.75, 3.05) is 6.61 Å². The van der Waals surface area contributed by atoms with Crippen molar-refractivity contribution in [3.8, 4) is 0 Å². The average molecular weight is 331 g/mol. The molecule has 0 N–H and O–H groups in total. The van der Waals surface area contributed by atoms with Gasteiger partial charge in [0.2, 0.25) is 0 Å². The van der Waals surface area contributed by atoms with E-state index in [1.54, 1.807) is 0 Å². The van der Waals surface area contributed by atoms with Crippen LogP contribution >= 0.6 is 11.8 Å². The van der Waals surface area contributed by atoms with E-state index < -0.39 is 8.32 Å². The SMILES string of the molecule is C=CC[C@@H]1C[C@H](O[Si](C)(C)C(C)(C)C)[C@@H](COC(C)=O)S1. The maximum Gasteiger partial charge on any atom is 0.302 e. The van der Waals surface area contributed by atoms with Crippen molar-refractivity contribution in [3.05, 3.63) is 12.7 Å². The molecule has 0 aromatic heterocycles. The van der Waals surface area contributed by atoms with Gasteiger partial charge in [-0.2, -0.15) is 0 Å². The van der Waals surface area contributed by atoms with Crippen molar-refractivity contribution >= 4 is 26.0 Å². The summed E-state index contributed by atoms with van der Waals surface area (Å²) in [4.78, 5) is 11.1. The van der Waals surface area contributed by atoms with E-state index in [-0.39, 0.29) is 22.4 Å². The molecule has 0 amide bonds. The first-order chi connectivity index (χ1) is 9.56. The topological polar surface area (TPSA) is 35.5 Å². The first-order valence-corrected chi connectivity index (χ1v) is 11.5. The van der Waals surface area contributed by atoms with Crippen molar-refractivity contribution in [1.29, 1.82) is 0 Å². The van der Waals surface area contributed by atoms with E-state index in [4.69, 9.17) is 9.16 Å². The first kappa shape index (κ1) is 18.8. The van der Waals surface area contributed by atoms with E-state index in [0.717, 1.165) is 12.8 Å². The highest BCUT2D eigenvalue weighted by molar-refractivity contribution is 8.00. The van der Waals surface area contributed by atoms with E-state index in [9.17, 15) is 4.79 Å². The van der Waals surface area contributed by atoms with E-state index in [1.807, 2.05) is 17.8 Å². The molecule has 1 saturated heterocycles. The quantitative estimate of drug-likeness (QED) is 0.411. The lowest BCUT2D eigenvalue weighted by Gasteiger charge is -2.39. The van der Waals surface area contributed by atoms with Crippen LogP contribution in [0.3, 0.4) is 0 Å². The Hall–Kier alpha value is -0.263. The number of carbonyl (C=O) groups excluding carboxylic acids is 1. The molecule has 122 valence electrons. The van der Waals surface area contributed by atoms with Gasteiger partial charge >= 0.3 is 5.97 Å². The summed E-state index contributed by atoms with van der Waals surface area (Å²) in [5, 5.41) is 0.964. The van der Waals surface area contributed by atoms with Crippen LogP contribution in [0.2, 0.25) is 18.1 Å². The molecule has 1 fully saturated rings. The Labute approximate surface area is 135 Å². The van der Waals surface area contributed by atoms with E-state index in [2.05, 4.69) is 40.4 Å². The minimum atomic E-state index is -1.80.